The van der Waals surface area contributed by atoms with Crippen LogP contribution in [0.1, 0.15) is 19.4 Å². The zero-order valence-corrected chi connectivity index (χ0v) is 16.5. The van der Waals surface area contributed by atoms with E-state index in [1.54, 1.807) is 4.90 Å². The van der Waals surface area contributed by atoms with Gasteiger partial charge in [0, 0.05) is 23.4 Å². The van der Waals surface area contributed by atoms with Crippen LogP contribution in [0.5, 0.6) is 5.75 Å². The second-order valence-electron chi connectivity index (χ2n) is 7.14. The number of carbonyl (C=O) groups excluding carboxylic acids is 1. The van der Waals surface area contributed by atoms with Crippen molar-refractivity contribution in [1.29, 1.82) is 0 Å². The summed E-state index contributed by atoms with van der Waals surface area (Å²) in [4.78, 5) is 31.7. The van der Waals surface area contributed by atoms with Gasteiger partial charge in [0.05, 0.1) is 18.6 Å². The van der Waals surface area contributed by atoms with E-state index in [9.17, 15) is 9.59 Å². The molecule has 1 amide bonds. The Balaban J connectivity index is 1.53. The molecule has 1 aromatic heterocycles. The highest BCUT2D eigenvalue weighted by Gasteiger charge is 2.30. The van der Waals surface area contributed by atoms with E-state index in [2.05, 4.69) is 4.98 Å². The monoisotopic (exact) mass is 389 g/mol. The molecule has 2 heterocycles. The molecule has 0 fully saturated rings. The Morgan fingerprint density at radius 3 is 2.66 bits per heavy atom. The Kier molecular flexibility index (Phi) is 5.16. The van der Waals surface area contributed by atoms with Crippen LogP contribution >= 0.6 is 0 Å². The van der Waals surface area contributed by atoms with Gasteiger partial charge in [-0.3, -0.25) is 14.2 Å². The van der Waals surface area contributed by atoms with Crippen LogP contribution in [0.3, 0.4) is 0 Å². The van der Waals surface area contributed by atoms with E-state index in [0.717, 1.165) is 29.0 Å². The van der Waals surface area contributed by atoms with E-state index in [0.29, 0.717) is 12.3 Å². The van der Waals surface area contributed by atoms with Gasteiger partial charge in [-0.15, -0.1) is 0 Å². The van der Waals surface area contributed by atoms with Gasteiger partial charge in [0.2, 0.25) is 5.91 Å². The summed E-state index contributed by atoms with van der Waals surface area (Å²) in [5.41, 5.74) is 3.23. The molecule has 0 N–H and O–H groups in total. The molecule has 0 saturated carbocycles. The Morgan fingerprint density at radius 1 is 1.17 bits per heavy atom. The number of amides is 1. The maximum atomic E-state index is 12.9. The minimum Gasteiger partial charge on any atom is -0.494 e. The fourth-order valence-electron chi connectivity index (χ4n) is 3.76. The van der Waals surface area contributed by atoms with E-state index in [1.807, 2.05) is 62.4 Å². The van der Waals surface area contributed by atoms with Crippen molar-refractivity contribution in [3.63, 3.8) is 0 Å². The van der Waals surface area contributed by atoms with Crippen LogP contribution in [-0.4, -0.2) is 28.1 Å². The molecule has 0 saturated heterocycles. The van der Waals surface area contributed by atoms with Crippen LogP contribution in [-0.2, 0) is 17.8 Å². The lowest BCUT2D eigenvalue weighted by Gasteiger charge is -2.23. The van der Waals surface area contributed by atoms with Crippen molar-refractivity contribution in [2.24, 2.45) is 0 Å². The summed E-state index contributed by atoms with van der Waals surface area (Å²) in [6.45, 7) is 4.52. The maximum Gasteiger partial charge on any atom is 0.254 e. The van der Waals surface area contributed by atoms with Crippen LogP contribution in [0.15, 0.2) is 65.7 Å². The topological polar surface area (TPSA) is 64.4 Å². The summed E-state index contributed by atoms with van der Waals surface area (Å²) < 4.78 is 6.79. The average Bonchev–Trinajstić information content (AvgIpc) is 3.06. The molecule has 29 heavy (non-hydrogen) atoms. The molecule has 1 aliphatic heterocycles. The number of anilines is 1. The number of aromatic nitrogens is 2. The van der Waals surface area contributed by atoms with Gasteiger partial charge in [-0.2, -0.15) is 0 Å². The molecule has 0 unspecified atom stereocenters. The average molecular weight is 389 g/mol. The molecule has 4 rings (SSSR count). The molecule has 0 aliphatic carbocycles. The third-order valence-electron chi connectivity index (χ3n) is 5.12. The quantitative estimate of drug-likeness (QED) is 0.672. The van der Waals surface area contributed by atoms with E-state index >= 15 is 0 Å². The van der Waals surface area contributed by atoms with E-state index in [1.165, 1.54) is 17.0 Å². The highest BCUT2D eigenvalue weighted by molar-refractivity contribution is 5.96. The molecule has 6 heteroatoms. The first-order valence-corrected chi connectivity index (χ1v) is 9.76. The van der Waals surface area contributed by atoms with Crippen molar-refractivity contribution in [3.8, 4) is 17.0 Å². The normalized spacial score (nSPS) is 15.2. The Bertz CT molecular complexity index is 1090. The zero-order chi connectivity index (χ0) is 20.4. The standard InChI is InChI=1S/C23H23N3O3/c1-3-29-19-10-8-17(9-11-19)20-13-22(27)25(15-24-20)14-23(28)26-16(2)12-18-6-4-5-7-21(18)26/h4-11,13,15-16H,3,12,14H2,1-2H3/t16-/m0/s1. The van der Waals surface area contributed by atoms with Crippen molar-refractivity contribution >= 4 is 11.6 Å². The number of rotatable bonds is 5. The van der Waals surface area contributed by atoms with Crippen molar-refractivity contribution in [1.82, 2.24) is 9.55 Å². The zero-order valence-electron chi connectivity index (χ0n) is 16.5. The van der Waals surface area contributed by atoms with Gasteiger partial charge >= 0.3 is 0 Å². The number of nitrogens with zero attached hydrogens (tertiary/aromatic N) is 3. The maximum absolute atomic E-state index is 12.9. The first-order valence-electron chi connectivity index (χ1n) is 9.76. The van der Waals surface area contributed by atoms with Gasteiger partial charge in [0.25, 0.3) is 5.56 Å². The Labute approximate surface area is 169 Å². The number of hydrogen-bond acceptors (Lipinski definition) is 4. The largest absolute Gasteiger partial charge is 0.494 e. The molecule has 148 valence electrons. The van der Waals surface area contributed by atoms with Crippen LogP contribution < -0.4 is 15.2 Å². The summed E-state index contributed by atoms with van der Waals surface area (Å²) in [5.74, 6) is 0.662. The highest BCUT2D eigenvalue weighted by Crippen LogP contribution is 2.31. The first-order chi connectivity index (χ1) is 14.1. The molecule has 0 bridgehead atoms. The molecule has 1 atom stereocenters. The SMILES string of the molecule is CCOc1ccc(-c2cc(=O)n(CC(=O)N3c4ccccc4C[C@@H]3C)cn2)cc1. The van der Waals surface area contributed by atoms with Crippen molar-refractivity contribution in [2.75, 3.05) is 11.5 Å². The van der Waals surface area contributed by atoms with Crippen LogP contribution in [0.4, 0.5) is 5.69 Å². The predicted octanol–water partition coefficient (Wildman–Crippen LogP) is 3.29. The second kappa shape index (κ2) is 7.91. The minimum absolute atomic E-state index is 0.0337. The lowest BCUT2D eigenvalue weighted by molar-refractivity contribution is -0.119. The van der Waals surface area contributed by atoms with E-state index in [-0.39, 0.29) is 24.1 Å². The van der Waals surface area contributed by atoms with E-state index in [4.69, 9.17) is 4.74 Å². The van der Waals surface area contributed by atoms with Gasteiger partial charge in [-0.05, 0) is 56.2 Å². The number of ether oxygens (including phenoxy) is 1. The fourth-order valence-corrected chi connectivity index (χ4v) is 3.76. The van der Waals surface area contributed by atoms with Crippen LogP contribution in [0, 0.1) is 0 Å². The smallest absolute Gasteiger partial charge is 0.254 e. The lowest BCUT2D eigenvalue weighted by atomic mass is 10.1. The number of benzene rings is 2. The predicted molar refractivity (Wildman–Crippen MR) is 112 cm³/mol. The summed E-state index contributed by atoms with van der Waals surface area (Å²) in [6.07, 6.45) is 2.27. The minimum atomic E-state index is -0.252. The lowest BCUT2D eigenvalue weighted by Crippen LogP contribution is -2.39. The molecule has 0 radical (unpaired) electrons. The van der Waals surface area contributed by atoms with Crippen molar-refractivity contribution in [3.05, 3.63) is 76.8 Å². The van der Waals surface area contributed by atoms with Crippen LogP contribution in [0.25, 0.3) is 11.3 Å². The van der Waals surface area contributed by atoms with Gasteiger partial charge in [0.1, 0.15) is 12.3 Å². The van der Waals surface area contributed by atoms with Gasteiger partial charge in [-0.1, -0.05) is 18.2 Å². The Morgan fingerprint density at radius 2 is 1.93 bits per heavy atom. The number of carbonyl (C=O) groups is 1. The molecule has 0 spiro atoms. The summed E-state index contributed by atoms with van der Waals surface area (Å²) >= 11 is 0. The van der Waals surface area contributed by atoms with Crippen molar-refractivity contribution < 1.29 is 9.53 Å². The number of para-hydroxylation sites is 1. The van der Waals surface area contributed by atoms with E-state index < -0.39 is 0 Å². The number of fused-ring (bicyclic) bond motifs is 1. The summed E-state index contributed by atoms with van der Waals surface area (Å²) in [6, 6.07) is 16.9. The molecule has 1 aliphatic rings. The summed E-state index contributed by atoms with van der Waals surface area (Å²) in [5, 5.41) is 0. The third-order valence-corrected chi connectivity index (χ3v) is 5.12. The van der Waals surface area contributed by atoms with Crippen molar-refractivity contribution in [2.45, 2.75) is 32.9 Å². The van der Waals surface area contributed by atoms with Gasteiger partial charge in [0.15, 0.2) is 0 Å². The van der Waals surface area contributed by atoms with Gasteiger partial charge in [-0.25, -0.2) is 4.98 Å². The third kappa shape index (κ3) is 3.78. The molecular weight excluding hydrogens is 366 g/mol. The molecular formula is C23H23N3O3. The molecule has 3 aromatic rings. The molecule has 2 aromatic carbocycles. The second-order valence-corrected chi connectivity index (χ2v) is 7.14. The first kappa shape index (κ1) is 18.9. The van der Waals surface area contributed by atoms with Gasteiger partial charge < -0.3 is 9.64 Å². The Hall–Kier alpha value is -3.41. The highest BCUT2D eigenvalue weighted by atomic mass is 16.5. The summed E-state index contributed by atoms with van der Waals surface area (Å²) in [7, 11) is 0. The number of hydrogen-bond donors (Lipinski definition) is 0. The van der Waals surface area contributed by atoms with Crippen LogP contribution in [0.2, 0.25) is 0 Å². The molecule has 6 nitrogen and oxygen atoms in total. The fraction of sp³-hybridized carbons (Fsp3) is 0.261.